The lowest BCUT2D eigenvalue weighted by molar-refractivity contribution is 0.838. The fraction of sp³-hybridized carbons (Fsp3) is 0.0357. The monoisotopic (exact) mass is 794 g/mol. The fourth-order valence-corrected chi connectivity index (χ4v) is 9.24. The van der Waals surface area contributed by atoms with Crippen molar-refractivity contribution in [1.29, 1.82) is 0 Å². The van der Waals surface area contributed by atoms with Crippen molar-refractivity contribution in [3.8, 4) is 56.3 Å². The van der Waals surface area contributed by atoms with E-state index >= 15 is 0 Å². The van der Waals surface area contributed by atoms with Gasteiger partial charge in [-0.25, -0.2) is 9.97 Å². The Hall–Kier alpha value is -8.22. The van der Waals surface area contributed by atoms with Gasteiger partial charge in [-0.05, 0) is 95.4 Å². The fourth-order valence-electron chi connectivity index (χ4n) is 9.24. The van der Waals surface area contributed by atoms with E-state index in [-0.39, 0.29) is 5.92 Å². The van der Waals surface area contributed by atoms with Gasteiger partial charge >= 0.3 is 0 Å². The number of fused-ring (bicyclic) bond motifs is 6. The number of hydrogen-bond acceptors (Lipinski definition) is 4. The highest BCUT2D eigenvalue weighted by Crippen LogP contribution is 2.39. The van der Waals surface area contributed by atoms with E-state index in [4.69, 9.17) is 9.97 Å². The van der Waals surface area contributed by atoms with Crippen LogP contribution in [0.15, 0.2) is 212 Å². The molecule has 1 aliphatic rings. The number of hydrogen-bond donors (Lipinski definition) is 0. The summed E-state index contributed by atoms with van der Waals surface area (Å²) in [5.74, 6) is 0.818. The van der Waals surface area contributed by atoms with Crippen molar-refractivity contribution in [3.05, 3.63) is 212 Å². The van der Waals surface area contributed by atoms with E-state index in [1.807, 2.05) is 36.9 Å². The van der Waals surface area contributed by atoms with Crippen LogP contribution >= 0.6 is 0 Å². The van der Waals surface area contributed by atoms with Crippen LogP contribution in [0.3, 0.4) is 0 Å². The number of allylic oxidation sites excluding steroid dienone is 1. The lowest BCUT2D eigenvalue weighted by Crippen LogP contribution is -2.05. The predicted molar refractivity (Wildman–Crippen MR) is 255 cm³/mol. The van der Waals surface area contributed by atoms with Gasteiger partial charge in [0, 0.05) is 74.8 Å². The Morgan fingerprint density at radius 3 is 1.63 bits per heavy atom. The molecule has 12 rings (SSSR count). The van der Waals surface area contributed by atoms with Crippen LogP contribution in [-0.4, -0.2) is 30.3 Å². The van der Waals surface area contributed by atoms with Gasteiger partial charge in [-0.15, -0.1) is 0 Å². The van der Waals surface area contributed by atoms with Crippen molar-refractivity contribution in [2.75, 3.05) is 0 Å². The zero-order valence-electron chi connectivity index (χ0n) is 33.7. The summed E-state index contributed by atoms with van der Waals surface area (Å²) in [5, 5.41) is 4.90. The molecule has 0 fully saturated rings. The molecule has 7 aromatic carbocycles. The maximum absolute atomic E-state index is 5.15. The minimum absolute atomic E-state index is 0.127. The topological polar surface area (TPSA) is 60.9 Å². The molecule has 0 spiro atoms. The Labute approximate surface area is 358 Å². The highest BCUT2D eigenvalue weighted by molar-refractivity contribution is 6.11. The van der Waals surface area contributed by atoms with E-state index < -0.39 is 0 Å². The van der Waals surface area contributed by atoms with Crippen molar-refractivity contribution in [2.24, 2.45) is 4.99 Å². The number of aliphatic imine (C=N–C) groups is 1. The molecule has 0 aliphatic carbocycles. The van der Waals surface area contributed by atoms with Gasteiger partial charge in [-0.2, -0.15) is 0 Å². The molecule has 1 atom stereocenters. The number of rotatable bonds is 7. The van der Waals surface area contributed by atoms with Crippen LogP contribution < -0.4 is 0 Å². The molecular formula is C56H38N6. The highest BCUT2D eigenvalue weighted by atomic mass is 15.0. The molecule has 0 amide bonds. The third-order valence-corrected chi connectivity index (χ3v) is 12.2. The number of pyridine rings is 1. The summed E-state index contributed by atoms with van der Waals surface area (Å²) in [6.45, 7) is 0. The van der Waals surface area contributed by atoms with E-state index in [1.54, 1.807) is 0 Å². The van der Waals surface area contributed by atoms with Crippen LogP contribution in [0.4, 0.5) is 0 Å². The van der Waals surface area contributed by atoms with Gasteiger partial charge in [-0.1, -0.05) is 121 Å². The van der Waals surface area contributed by atoms with Crippen molar-refractivity contribution in [1.82, 2.24) is 24.1 Å². The van der Waals surface area contributed by atoms with Crippen molar-refractivity contribution in [2.45, 2.75) is 12.3 Å². The summed E-state index contributed by atoms with van der Waals surface area (Å²) >= 11 is 0. The molecule has 0 N–H and O–H groups in total. The van der Waals surface area contributed by atoms with Gasteiger partial charge in [0.1, 0.15) is 0 Å². The minimum atomic E-state index is 0.127. The van der Waals surface area contributed by atoms with Crippen LogP contribution in [0.5, 0.6) is 0 Å². The molecule has 0 bridgehead atoms. The first-order valence-electron chi connectivity index (χ1n) is 21.0. The zero-order chi connectivity index (χ0) is 41.0. The Bertz CT molecular complexity index is 3490. The van der Waals surface area contributed by atoms with Gasteiger partial charge in [0.15, 0.2) is 5.82 Å². The first-order chi connectivity index (χ1) is 30.7. The second-order valence-corrected chi connectivity index (χ2v) is 15.9. The summed E-state index contributed by atoms with van der Waals surface area (Å²) in [7, 11) is 0. The standard InChI is InChI=1S/C56H38N6/c1-2-10-37(11-3-1)42-22-23-55-49(34-42)48-14-6-9-17-54(48)62(55)45-33-43(32-44(35-45)61-52-15-7-4-12-46(52)47-13-5-8-16-53(47)61)38-18-20-41(21-19-38)56-59-50(39-24-28-57-29-25-39)36-51(60-56)40-26-30-58-31-27-40/h1-26,28-36,40H,27H2. The Morgan fingerprint density at radius 2 is 0.984 bits per heavy atom. The Morgan fingerprint density at radius 1 is 0.419 bits per heavy atom. The SMILES string of the molecule is C1=CC(c2cc(-c3ccncc3)nc(-c3ccc(-c4cc(-n5c6ccccc6c6ccccc65)cc(-n5c6ccccc6c6cc(-c7ccccc7)ccc65)c4)cc3)n2)CC=N1. The van der Waals surface area contributed by atoms with Crippen molar-refractivity contribution in [3.63, 3.8) is 0 Å². The van der Waals surface area contributed by atoms with E-state index in [2.05, 4.69) is 195 Å². The average Bonchev–Trinajstić information content (AvgIpc) is 3.87. The average molecular weight is 795 g/mol. The molecule has 62 heavy (non-hydrogen) atoms. The summed E-state index contributed by atoms with van der Waals surface area (Å²) in [5.41, 5.74) is 15.3. The van der Waals surface area contributed by atoms with Crippen LogP contribution in [0.1, 0.15) is 18.0 Å². The largest absolute Gasteiger partial charge is 0.309 e. The first kappa shape index (κ1) is 35.7. The number of aromatic nitrogens is 5. The molecule has 6 heteroatoms. The first-order valence-corrected chi connectivity index (χ1v) is 21.0. The molecule has 0 saturated heterocycles. The molecule has 11 aromatic rings. The molecule has 1 aliphatic heterocycles. The summed E-state index contributed by atoms with van der Waals surface area (Å²) in [4.78, 5) is 18.8. The molecule has 292 valence electrons. The maximum atomic E-state index is 5.15. The van der Waals surface area contributed by atoms with Gasteiger partial charge in [-0.3, -0.25) is 9.98 Å². The van der Waals surface area contributed by atoms with Gasteiger partial charge in [0.25, 0.3) is 0 Å². The second kappa shape index (κ2) is 14.8. The third-order valence-electron chi connectivity index (χ3n) is 12.2. The normalized spacial score (nSPS) is 13.8. The van der Waals surface area contributed by atoms with Crippen LogP contribution in [-0.2, 0) is 0 Å². The van der Waals surface area contributed by atoms with E-state index in [0.29, 0.717) is 5.82 Å². The van der Waals surface area contributed by atoms with Crippen LogP contribution in [0, 0.1) is 0 Å². The van der Waals surface area contributed by atoms with E-state index in [0.717, 1.165) is 62.5 Å². The van der Waals surface area contributed by atoms with E-state index in [9.17, 15) is 0 Å². The lowest BCUT2D eigenvalue weighted by Gasteiger charge is -2.16. The zero-order valence-corrected chi connectivity index (χ0v) is 33.7. The van der Waals surface area contributed by atoms with E-state index in [1.165, 1.54) is 43.7 Å². The van der Waals surface area contributed by atoms with Crippen LogP contribution in [0.2, 0.25) is 0 Å². The molecule has 1 unspecified atom stereocenters. The Kier molecular flexibility index (Phi) is 8.52. The lowest BCUT2D eigenvalue weighted by atomic mass is 9.98. The van der Waals surface area contributed by atoms with Gasteiger partial charge < -0.3 is 9.13 Å². The van der Waals surface area contributed by atoms with Gasteiger partial charge in [0.2, 0.25) is 0 Å². The molecular weight excluding hydrogens is 757 g/mol. The van der Waals surface area contributed by atoms with Crippen molar-refractivity contribution < 1.29 is 0 Å². The summed E-state index contributed by atoms with van der Waals surface area (Å²) in [6, 6.07) is 65.5. The molecule has 5 heterocycles. The Balaban J connectivity index is 1.05. The smallest absolute Gasteiger partial charge is 0.160 e. The van der Waals surface area contributed by atoms with Crippen molar-refractivity contribution >= 4 is 49.8 Å². The number of para-hydroxylation sites is 3. The molecule has 0 saturated carbocycles. The molecule has 0 radical (unpaired) electrons. The quantitative estimate of drug-likeness (QED) is 0.161. The van der Waals surface area contributed by atoms with Gasteiger partial charge in [0.05, 0.1) is 33.5 Å². The summed E-state index contributed by atoms with van der Waals surface area (Å²) in [6.07, 6.45) is 10.3. The van der Waals surface area contributed by atoms with Crippen LogP contribution in [0.25, 0.3) is 99.9 Å². The third kappa shape index (κ3) is 6.11. The summed E-state index contributed by atoms with van der Waals surface area (Å²) < 4.78 is 4.84. The predicted octanol–water partition coefficient (Wildman–Crippen LogP) is 13.8. The molecule has 4 aromatic heterocycles. The highest BCUT2D eigenvalue weighted by Gasteiger charge is 2.19. The molecule has 6 nitrogen and oxygen atoms in total. The maximum Gasteiger partial charge on any atom is 0.160 e. The minimum Gasteiger partial charge on any atom is -0.309 e. The number of benzene rings is 7. The number of nitrogens with zero attached hydrogens (tertiary/aromatic N) is 6. The second-order valence-electron chi connectivity index (χ2n) is 15.9.